The monoisotopic (exact) mass is 190 g/mol. The highest BCUT2D eigenvalue weighted by Crippen LogP contribution is 1.86. The zero-order chi connectivity index (χ0) is 10.9. The Morgan fingerprint density at radius 2 is 1.85 bits per heavy atom. The molecule has 0 aromatic carbocycles. The van der Waals surface area contributed by atoms with E-state index in [2.05, 4.69) is 10.1 Å². The molecule has 5 nitrogen and oxygen atoms in total. The molecule has 0 heterocycles. The van der Waals surface area contributed by atoms with Gasteiger partial charge in [0.25, 0.3) is 0 Å². The van der Waals surface area contributed by atoms with Gasteiger partial charge in [0.05, 0.1) is 12.6 Å². The number of carbonyl (C=O) groups is 2. The van der Waals surface area contributed by atoms with Crippen LogP contribution in [0.5, 0.6) is 0 Å². The van der Waals surface area contributed by atoms with Crippen molar-refractivity contribution in [3.8, 4) is 0 Å². The molecule has 0 saturated heterocycles. The lowest BCUT2D eigenvalue weighted by molar-refractivity contribution is -0.117. The molecule has 0 atom stereocenters. The molecule has 5 heteroatoms. The van der Waals surface area contributed by atoms with Crippen LogP contribution in [0.2, 0.25) is 0 Å². The van der Waals surface area contributed by atoms with E-state index in [-0.39, 0.29) is 12.6 Å². The molecule has 0 unspecified atom stereocenters. The number of nitrogens with one attached hydrogen (secondary N) is 1. The van der Waals surface area contributed by atoms with Crippen molar-refractivity contribution < 1.29 is 14.3 Å². The van der Waals surface area contributed by atoms with Gasteiger partial charge in [-0.3, -0.25) is 4.79 Å². The van der Waals surface area contributed by atoms with Crippen LogP contribution in [0.15, 0.2) is 0 Å². The van der Waals surface area contributed by atoms with Gasteiger partial charge in [-0.05, 0) is 13.8 Å². The maximum Gasteiger partial charge on any atom is 0.407 e. The predicted molar refractivity (Wildman–Crippen MR) is 50.2 cm³/mol. The van der Waals surface area contributed by atoms with Crippen LogP contribution in [-0.2, 0) is 9.53 Å². The summed E-state index contributed by atoms with van der Waals surface area (Å²) < 4.78 is 4.64. The third-order valence-corrected chi connectivity index (χ3v) is 0.750. The van der Waals surface area contributed by atoms with Crippen molar-refractivity contribution in [3.05, 3.63) is 0 Å². The van der Waals surface area contributed by atoms with Crippen molar-refractivity contribution >= 4 is 12.0 Å². The molecule has 0 rings (SSSR count). The highest BCUT2D eigenvalue weighted by Gasteiger charge is 2.04. The normalized spacial score (nSPS) is 8.38. The lowest BCUT2D eigenvalue weighted by atomic mass is 10.5. The molecule has 0 aliphatic carbocycles. The Kier molecular flexibility index (Phi) is 9.70. The lowest BCUT2D eigenvalue weighted by Crippen LogP contribution is -2.34. The standard InChI is InChI=1S/C6H12N2O3.C2H6/c1-4(2)11-6(10)8-3-5(7)9;1-2/h4H,3H2,1-2H3,(H2,7,9)(H,8,10);1-2H3. The number of rotatable bonds is 3. The highest BCUT2D eigenvalue weighted by atomic mass is 16.6. The quantitative estimate of drug-likeness (QED) is 0.685. The van der Waals surface area contributed by atoms with Gasteiger partial charge in [-0.25, -0.2) is 4.79 Å². The average molecular weight is 190 g/mol. The van der Waals surface area contributed by atoms with E-state index in [1.165, 1.54) is 0 Å². The Morgan fingerprint density at radius 1 is 1.38 bits per heavy atom. The first kappa shape index (κ1) is 14.3. The second-order valence-electron chi connectivity index (χ2n) is 2.27. The Labute approximate surface area is 78.6 Å². The van der Waals surface area contributed by atoms with E-state index >= 15 is 0 Å². The summed E-state index contributed by atoms with van der Waals surface area (Å²) in [5, 5.41) is 2.18. The van der Waals surface area contributed by atoms with Gasteiger partial charge in [0.15, 0.2) is 0 Å². The number of primary amides is 1. The van der Waals surface area contributed by atoms with Crippen molar-refractivity contribution in [2.45, 2.75) is 33.8 Å². The van der Waals surface area contributed by atoms with E-state index in [9.17, 15) is 9.59 Å². The second kappa shape index (κ2) is 8.83. The largest absolute Gasteiger partial charge is 0.447 e. The van der Waals surface area contributed by atoms with Gasteiger partial charge >= 0.3 is 6.09 Å². The summed E-state index contributed by atoms with van der Waals surface area (Å²) in [6, 6.07) is 0. The van der Waals surface area contributed by atoms with Gasteiger partial charge in [0.2, 0.25) is 5.91 Å². The summed E-state index contributed by atoms with van der Waals surface area (Å²) in [6.07, 6.45) is -0.818. The molecular formula is C8H18N2O3. The first-order valence-electron chi connectivity index (χ1n) is 4.25. The number of alkyl carbamates (subject to hydrolysis) is 1. The Morgan fingerprint density at radius 3 is 2.15 bits per heavy atom. The highest BCUT2D eigenvalue weighted by molar-refractivity contribution is 5.80. The van der Waals surface area contributed by atoms with Crippen LogP contribution in [0.1, 0.15) is 27.7 Å². The zero-order valence-corrected chi connectivity index (χ0v) is 8.59. The fraction of sp³-hybridized carbons (Fsp3) is 0.750. The topological polar surface area (TPSA) is 81.4 Å². The van der Waals surface area contributed by atoms with Gasteiger partial charge < -0.3 is 15.8 Å². The smallest absolute Gasteiger partial charge is 0.407 e. The van der Waals surface area contributed by atoms with Crippen LogP contribution in [0, 0.1) is 0 Å². The molecule has 0 aliphatic heterocycles. The molecule has 0 fully saturated rings. The zero-order valence-electron chi connectivity index (χ0n) is 8.59. The summed E-state index contributed by atoms with van der Waals surface area (Å²) in [5.74, 6) is -0.592. The Balaban J connectivity index is 0. The maximum absolute atomic E-state index is 10.6. The fourth-order valence-electron chi connectivity index (χ4n) is 0.415. The van der Waals surface area contributed by atoms with Crippen molar-refractivity contribution in [2.24, 2.45) is 5.73 Å². The van der Waals surface area contributed by atoms with Crippen LogP contribution in [0.3, 0.4) is 0 Å². The molecule has 0 bridgehead atoms. The van der Waals surface area contributed by atoms with Crippen LogP contribution >= 0.6 is 0 Å². The number of nitrogens with two attached hydrogens (primary N) is 1. The van der Waals surface area contributed by atoms with Crippen LogP contribution in [-0.4, -0.2) is 24.6 Å². The first-order chi connectivity index (χ1) is 6.02. The van der Waals surface area contributed by atoms with E-state index in [0.29, 0.717) is 0 Å². The first-order valence-corrected chi connectivity index (χ1v) is 4.25. The molecule has 3 N–H and O–H groups in total. The molecule has 2 amide bonds. The van der Waals surface area contributed by atoms with Gasteiger partial charge in [0.1, 0.15) is 0 Å². The molecule has 13 heavy (non-hydrogen) atoms. The lowest BCUT2D eigenvalue weighted by Gasteiger charge is -2.07. The molecule has 0 aromatic heterocycles. The van der Waals surface area contributed by atoms with Crippen molar-refractivity contribution in [3.63, 3.8) is 0 Å². The van der Waals surface area contributed by atoms with Crippen molar-refractivity contribution in [2.75, 3.05) is 6.54 Å². The number of hydrogen-bond acceptors (Lipinski definition) is 3. The average Bonchev–Trinajstić information content (AvgIpc) is 2.03. The van der Waals surface area contributed by atoms with Crippen molar-refractivity contribution in [1.82, 2.24) is 5.32 Å². The predicted octanol–water partition coefficient (Wildman–Crippen LogP) is 0.633. The second-order valence-corrected chi connectivity index (χ2v) is 2.27. The molecule has 0 aromatic rings. The number of ether oxygens (including phenoxy) is 1. The minimum atomic E-state index is -0.626. The summed E-state index contributed by atoms with van der Waals surface area (Å²) in [4.78, 5) is 20.8. The molecule has 0 aliphatic rings. The molecule has 0 saturated carbocycles. The molecule has 0 spiro atoms. The summed E-state index contributed by atoms with van der Waals surface area (Å²) in [7, 11) is 0. The van der Waals surface area contributed by atoms with E-state index in [1.807, 2.05) is 13.8 Å². The van der Waals surface area contributed by atoms with E-state index in [1.54, 1.807) is 13.8 Å². The van der Waals surface area contributed by atoms with Gasteiger partial charge in [-0.1, -0.05) is 13.8 Å². The molecule has 0 radical (unpaired) electrons. The fourth-order valence-corrected chi connectivity index (χ4v) is 0.415. The van der Waals surface area contributed by atoms with Crippen molar-refractivity contribution in [1.29, 1.82) is 0 Å². The summed E-state index contributed by atoms with van der Waals surface area (Å²) in [6.45, 7) is 7.24. The summed E-state index contributed by atoms with van der Waals surface area (Å²) in [5.41, 5.74) is 4.76. The Bertz CT molecular complexity index is 157. The summed E-state index contributed by atoms with van der Waals surface area (Å²) >= 11 is 0. The molecular weight excluding hydrogens is 172 g/mol. The SMILES string of the molecule is CC.CC(C)OC(=O)NCC(N)=O. The van der Waals surface area contributed by atoms with E-state index in [4.69, 9.17) is 5.73 Å². The maximum atomic E-state index is 10.6. The van der Waals surface area contributed by atoms with Crippen LogP contribution in [0.25, 0.3) is 0 Å². The van der Waals surface area contributed by atoms with Gasteiger partial charge in [-0.2, -0.15) is 0 Å². The number of amides is 2. The van der Waals surface area contributed by atoms with Gasteiger partial charge in [-0.15, -0.1) is 0 Å². The van der Waals surface area contributed by atoms with Gasteiger partial charge in [0, 0.05) is 0 Å². The minimum Gasteiger partial charge on any atom is -0.447 e. The Hall–Kier alpha value is -1.26. The van der Waals surface area contributed by atoms with Crippen LogP contribution < -0.4 is 11.1 Å². The van der Waals surface area contributed by atoms with Crippen LogP contribution in [0.4, 0.5) is 4.79 Å². The minimum absolute atomic E-state index is 0.189. The number of carbonyl (C=O) groups excluding carboxylic acids is 2. The van der Waals surface area contributed by atoms with E-state index < -0.39 is 12.0 Å². The molecule has 78 valence electrons. The third-order valence-electron chi connectivity index (χ3n) is 0.750. The third kappa shape index (κ3) is 13.7. The number of hydrogen-bond donors (Lipinski definition) is 2. The van der Waals surface area contributed by atoms with E-state index in [0.717, 1.165) is 0 Å².